The highest BCUT2D eigenvalue weighted by molar-refractivity contribution is 4.98. The Kier molecular flexibility index (Phi) is 6.51. The zero-order chi connectivity index (χ0) is 17.1. The summed E-state index contributed by atoms with van der Waals surface area (Å²) < 4.78 is 0. The zero-order valence-corrected chi connectivity index (χ0v) is 15.6. The summed E-state index contributed by atoms with van der Waals surface area (Å²) in [6.07, 6.45) is 8.28. The maximum Gasteiger partial charge on any atom is 0.0686 e. The number of unbranched alkanes of at least 4 members (excludes halogenated alkanes) is 1. The smallest absolute Gasteiger partial charge is 0.0686 e. The summed E-state index contributed by atoms with van der Waals surface area (Å²) in [4.78, 5) is 6.15. The summed E-state index contributed by atoms with van der Waals surface area (Å²) in [5.41, 5.74) is 0.0589. The Hall–Kier alpha value is -0.160. The molecule has 2 rings (SSSR count). The SMILES string of the molecule is CC1(C)CC(C2CCC(O)CC2)CC(C)(C)N1OCCCCO. The van der Waals surface area contributed by atoms with Crippen LogP contribution >= 0.6 is 0 Å². The standard InChI is InChI=1S/C19H37NO3/c1-18(2)13-16(15-7-9-17(22)10-8-15)14-19(3,4)20(18)23-12-6-5-11-21/h15-17,21-22H,5-14H2,1-4H3. The Balaban J connectivity index is 1.97. The average Bonchev–Trinajstić information content (AvgIpc) is 2.45. The number of aliphatic hydroxyl groups excluding tert-OH is 2. The van der Waals surface area contributed by atoms with Crippen LogP contribution in [0.25, 0.3) is 0 Å². The molecule has 2 fully saturated rings. The van der Waals surface area contributed by atoms with Crippen molar-refractivity contribution in [3.8, 4) is 0 Å². The quantitative estimate of drug-likeness (QED) is 0.733. The van der Waals surface area contributed by atoms with Gasteiger partial charge in [0.1, 0.15) is 0 Å². The van der Waals surface area contributed by atoms with E-state index < -0.39 is 0 Å². The number of piperidine rings is 1. The Labute approximate surface area is 142 Å². The summed E-state index contributed by atoms with van der Waals surface area (Å²) in [6, 6.07) is 0. The van der Waals surface area contributed by atoms with E-state index >= 15 is 0 Å². The third kappa shape index (κ3) is 4.91. The fraction of sp³-hybridized carbons (Fsp3) is 1.00. The van der Waals surface area contributed by atoms with Gasteiger partial charge >= 0.3 is 0 Å². The molecule has 0 amide bonds. The van der Waals surface area contributed by atoms with Crippen LogP contribution in [0.15, 0.2) is 0 Å². The van der Waals surface area contributed by atoms with E-state index in [1.54, 1.807) is 0 Å². The predicted molar refractivity (Wildman–Crippen MR) is 93.0 cm³/mol. The molecule has 1 saturated heterocycles. The minimum atomic E-state index is -0.0674. The van der Waals surface area contributed by atoms with Crippen LogP contribution < -0.4 is 0 Å². The van der Waals surface area contributed by atoms with Crippen molar-refractivity contribution in [1.29, 1.82) is 0 Å². The van der Waals surface area contributed by atoms with Crippen molar-refractivity contribution in [2.24, 2.45) is 11.8 Å². The molecule has 1 aliphatic carbocycles. The van der Waals surface area contributed by atoms with Gasteiger partial charge in [-0.25, -0.2) is 0 Å². The molecule has 2 aliphatic rings. The molecular formula is C19H37NO3. The molecular weight excluding hydrogens is 290 g/mol. The van der Waals surface area contributed by atoms with Crippen LogP contribution in [0.4, 0.5) is 0 Å². The molecule has 4 heteroatoms. The summed E-state index contributed by atoms with van der Waals surface area (Å²) in [7, 11) is 0. The number of nitrogens with zero attached hydrogens (tertiary/aromatic N) is 1. The highest BCUT2D eigenvalue weighted by Gasteiger charge is 2.48. The van der Waals surface area contributed by atoms with E-state index in [1.165, 1.54) is 12.8 Å². The van der Waals surface area contributed by atoms with E-state index in [-0.39, 0.29) is 23.8 Å². The highest BCUT2D eigenvalue weighted by atomic mass is 16.7. The van der Waals surface area contributed by atoms with Gasteiger partial charge in [0.05, 0.1) is 12.7 Å². The third-order valence-electron chi connectivity index (χ3n) is 5.80. The van der Waals surface area contributed by atoms with Crippen molar-refractivity contribution in [3.05, 3.63) is 0 Å². The Morgan fingerprint density at radius 2 is 1.48 bits per heavy atom. The van der Waals surface area contributed by atoms with Gasteiger partial charge in [-0.1, -0.05) is 0 Å². The first kappa shape index (κ1) is 19.2. The predicted octanol–water partition coefficient (Wildman–Crippen LogP) is 3.51. The van der Waals surface area contributed by atoms with Crippen LogP contribution in [0.2, 0.25) is 0 Å². The number of hydroxylamine groups is 2. The van der Waals surface area contributed by atoms with Crippen molar-refractivity contribution < 1.29 is 15.1 Å². The molecule has 0 aromatic carbocycles. The van der Waals surface area contributed by atoms with Gasteiger partial charge in [-0.05, 0) is 90.9 Å². The molecule has 23 heavy (non-hydrogen) atoms. The molecule has 1 aliphatic heterocycles. The molecule has 0 unspecified atom stereocenters. The van der Waals surface area contributed by atoms with Gasteiger partial charge in [0.25, 0.3) is 0 Å². The largest absolute Gasteiger partial charge is 0.396 e. The molecule has 0 bridgehead atoms. The zero-order valence-electron chi connectivity index (χ0n) is 15.6. The number of hydrogen-bond donors (Lipinski definition) is 2. The topological polar surface area (TPSA) is 52.9 Å². The van der Waals surface area contributed by atoms with Gasteiger partial charge in [-0.3, -0.25) is 4.84 Å². The average molecular weight is 328 g/mol. The van der Waals surface area contributed by atoms with Gasteiger partial charge in [0.15, 0.2) is 0 Å². The van der Waals surface area contributed by atoms with Crippen molar-refractivity contribution in [2.75, 3.05) is 13.2 Å². The number of rotatable bonds is 6. The van der Waals surface area contributed by atoms with Crippen LogP contribution in [-0.2, 0) is 4.84 Å². The van der Waals surface area contributed by atoms with Gasteiger partial charge < -0.3 is 10.2 Å². The lowest BCUT2D eigenvalue weighted by atomic mass is 9.66. The van der Waals surface area contributed by atoms with Gasteiger partial charge in [-0.15, -0.1) is 0 Å². The maximum absolute atomic E-state index is 9.77. The lowest BCUT2D eigenvalue weighted by Gasteiger charge is -2.55. The lowest BCUT2D eigenvalue weighted by Crippen LogP contribution is -2.61. The van der Waals surface area contributed by atoms with Crippen molar-refractivity contribution in [1.82, 2.24) is 5.06 Å². The normalized spacial score (nSPS) is 32.1. The van der Waals surface area contributed by atoms with E-state index in [9.17, 15) is 5.11 Å². The van der Waals surface area contributed by atoms with E-state index in [0.29, 0.717) is 6.61 Å². The lowest BCUT2D eigenvalue weighted by molar-refractivity contribution is -0.291. The molecule has 1 saturated carbocycles. The van der Waals surface area contributed by atoms with Gasteiger partial charge in [0.2, 0.25) is 0 Å². The molecule has 0 radical (unpaired) electrons. The molecule has 0 aromatic rings. The molecule has 0 aromatic heterocycles. The fourth-order valence-corrected chi connectivity index (χ4v) is 4.97. The Morgan fingerprint density at radius 3 is 2.00 bits per heavy atom. The molecule has 0 atom stereocenters. The first-order valence-electron chi connectivity index (χ1n) is 9.48. The first-order chi connectivity index (χ1) is 10.8. The van der Waals surface area contributed by atoms with E-state index in [2.05, 4.69) is 32.8 Å². The number of hydrogen-bond acceptors (Lipinski definition) is 4. The van der Waals surface area contributed by atoms with Crippen molar-refractivity contribution in [2.45, 2.75) is 96.2 Å². The first-order valence-corrected chi connectivity index (χ1v) is 9.48. The second-order valence-electron chi connectivity index (χ2n) is 8.92. The molecule has 4 nitrogen and oxygen atoms in total. The van der Waals surface area contributed by atoms with E-state index in [0.717, 1.165) is 50.4 Å². The third-order valence-corrected chi connectivity index (χ3v) is 5.80. The van der Waals surface area contributed by atoms with Gasteiger partial charge in [0, 0.05) is 17.7 Å². The minimum absolute atomic E-state index is 0.0295. The molecule has 0 spiro atoms. The summed E-state index contributed by atoms with van der Waals surface area (Å²) in [5, 5.41) is 20.9. The van der Waals surface area contributed by atoms with Crippen LogP contribution in [-0.4, -0.2) is 45.7 Å². The highest BCUT2D eigenvalue weighted by Crippen LogP contribution is 2.47. The minimum Gasteiger partial charge on any atom is -0.396 e. The van der Waals surface area contributed by atoms with E-state index in [1.807, 2.05) is 0 Å². The molecule has 136 valence electrons. The Morgan fingerprint density at radius 1 is 0.913 bits per heavy atom. The maximum atomic E-state index is 9.77. The van der Waals surface area contributed by atoms with Crippen LogP contribution in [0.1, 0.15) is 79.1 Å². The van der Waals surface area contributed by atoms with Crippen LogP contribution in [0, 0.1) is 11.8 Å². The van der Waals surface area contributed by atoms with Crippen LogP contribution in [0.5, 0.6) is 0 Å². The second kappa shape index (κ2) is 7.81. The summed E-state index contributed by atoms with van der Waals surface area (Å²) >= 11 is 0. The number of aliphatic hydroxyl groups is 2. The Bertz CT molecular complexity index is 344. The van der Waals surface area contributed by atoms with Gasteiger partial charge in [-0.2, -0.15) is 5.06 Å². The van der Waals surface area contributed by atoms with E-state index in [4.69, 9.17) is 9.94 Å². The molecule has 1 heterocycles. The van der Waals surface area contributed by atoms with Crippen molar-refractivity contribution >= 4 is 0 Å². The molecule has 2 N–H and O–H groups in total. The van der Waals surface area contributed by atoms with Crippen LogP contribution in [0.3, 0.4) is 0 Å². The van der Waals surface area contributed by atoms with Crippen molar-refractivity contribution in [3.63, 3.8) is 0 Å². The fourth-order valence-electron chi connectivity index (χ4n) is 4.97. The summed E-state index contributed by atoms with van der Waals surface area (Å²) in [6.45, 7) is 10.1. The summed E-state index contributed by atoms with van der Waals surface area (Å²) in [5.74, 6) is 1.48. The monoisotopic (exact) mass is 327 g/mol. The second-order valence-corrected chi connectivity index (χ2v) is 8.92.